The molecular formula is C90H135N15. The summed E-state index contributed by atoms with van der Waals surface area (Å²) in [7, 11) is 0. The van der Waals surface area contributed by atoms with Crippen molar-refractivity contribution in [2.75, 3.05) is 0 Å². The first kappa shape index (κ1) is 81.7. The first-order valence-corrected chi connectivity index (χ1v) is 39.6. The van der Waals surface area contributed by atoms with E-state index in [4.69, 9.17) is 5.10 Å². The molecule has 4 aromatic carbocycles. The van der Waals surface area contributed by atoms with Gasteiger partial charge in [-0.15, -0.1) is 25.5 Å². The van der Waals surface area contributed by atoms with Crippen molar-refractivity contribution >= 4 is 0 Å². The Morgan fingerprint density at radius 1 is 0.324 bits per heavy atom. The minimum atomic E-state index is -0.140. The average Bonchev–Trinajstić information content (AvgIpc) is 1.68. The van der Waals surface area contributed by atoms with Crippen LogP contribution in [0.15, 0.2) is 103 Å². The number of benzene rings is 4. The number of hydrogen-bond donors (Lipinski definition) is 0. The molecule has 4 aliphatic rings. The van der Waals surface area contributed by atoms with E-state index in [2.05, 4.69) is 370 Å². The summed E-state index contributed by atoms with van der Waals surface area (Å²) in [5.74, 6) is 1.95. The quantitative estimate of drug-likeness (QED) is 0.143. The van der Waals surface area contributed by atoms with Crippen molar-refractivity contribution in [3.05, 3.63) is 154 Å². The largest absolute Gasteiger partial charge is 0.247 e. The molecule has 0 amide bonds. The predicted molar refractivity (Wildman–Crippen MR) is 436 cm³/mol. The summed E-state index contributed by atoms with van der Waals surface area (Å²) in [5.41, 5.74) is 21.8. The Morgan fingerprint density at radius 3 is 1.19 bits per heavy atom. The van der Waals surface area contributed by atoms with E-state index in [-0.39, 0.29) is 54.8 Å². The third kappa shape index (κ3) is 18.9. The zero-order valence-electron chi connectivity index (χ0n) is 70.8. The first-order chi connectivity index (χ1) is 48.5. The molecule has 15 heteroatoms. The van der Waals surface area contributed by atoms with Gasteiger partial charge in [0, 0.05) is 45.7 Å². The van der Waals surface area contributed by atoms with Crippen molar-refractivity contribution in [2.45, 2.75) is 342 Å². The molecule has 4 atom stereocenters. The van der Waals surface area contributed by atoms with Crippen molar-refractivity contribution in [3.8, 4) is 45.0 Å². The maximum atomic E-state index is 4.69. The third-order valence-corrected chi connectivity index (χ3v) is 21.6. The Kier molecular flexibility index (Phi) is 23.9. The number of hydrogen-bond acceptors (Lipinski definition) is 10. The summed E-state index contributed by atoms with van der Waals surface area (Å²) in [4.78, 5) is 0. The highest BCUT2D eigenvalue weighted by atomic mass is 15.5. The van der Waals surface area contributed by atoms with Gasteiger partial charge in [-0.1, -0.05) is 253 Å². The fourth-order valence-electron chi connectivity index (χ4n) is 15.7. The van der Waals surface area contributed by atoms with Crippen molar-refractivity contribution < 1.29 is 0 Å². The molecule has 0 bridgehead atoms. The molecule has 5 heterocycles. The molecule has 4 aliphatic carbocycles. The summed E-state index contributed by atoms with van der Waals surface area (Å²) < 4.78 is 10.4. The second-order valence-corrected chi connectivity index (χ2v) is 41.0. The molecule has 15 nitrogen and oxygen atoms in total. The van der Waals surface area contributed by atoms with Gasteiger partial charge in [0.25, 0.3) is 0 Å². The van der Waals surface area contributed by atoms with E-state index in [1.807, 2.05) is 10.9 Å². The monoisotopic (exact) mass is 1430 g/mol. The number of nitrogens with zero attached hydrogens (tertiary/aromatic N) is 15. The van der Waals surface area contributed by atoms with Crippen LogP contribution in [0.5, 0.6) is 0 Å². The van der Waals surface area contributed by atoms with Crippen LogP contribution in [0.25, 0.3) is 45.0 Å². The zero-order valence-corrected chi connectivity index (χ0v) is 70.8. The van der Waals surface area contributed by atoms with Crippen LogP contribution in [0.1, 0.15) is 333 Å². The molecule has 13 rings (SSSR count). The van der Waals surface area contributed by atoms with E-state index in [9.17, 15) is 0 Å². The standard InChI is InChI=1S/2C24H29N3.2C16H29N3.C10H19N3/c1-23(2,3)20-15-16-11-7-8-12-17(16)22-21(19-14-10-9-13-18(19)20)25-26-27(22)24(4,5)6;1-23(2,3)20-15-16-11-7-8-12-17(16)21-22(19-14-10-9-13-18(19)20)27(26-25-21)24(4,5)6;1-15(2,3)12-10-8-7-9-11-13-14(12)17-18-19(13)16(4,5)6;1-15(2,3)12-10-8-7-9-11-13-14(12)19(18-17-13)16(4,5)6;1-9(2,3)8-7-13(12-11-8)10(4,5)6/h2*7-14,20H,15H2,1-6H3;2*12H,7-11H2,1-6H3;7H,1-6H3. The lowest BCUT2D eigenvalue weighted by Crippen LogP contribution is -2.31. The Labute approximate surface area is 633 Å². The second-order valence-electron chi connectivity index (χ2n) is 41.0. The predicted octanol–water partition coefficient (Wildman–Crippen LogP) is 23.0. The Balaban J connectivity index is 0.000000155. The average molecular weight is 1430 g/mol. The van der Waals surface area contributed by atoms with E-state index in [0.29, 0.717) is 23.7 Å². The molecule has 0 saturated carbocycles. The van der Waals surface area contributed by atoms with Crippen LogP contribution >= 0.6 is 0 Å². The van der Waals surface area contributed by atoms with E-state index in [1.165, 1.54) is 119 Å². The number of aryl methyl sites for hydroxylation is 1. The van der Waals surface area contributed by atoms with Gasteiger partial charge >= 0.3 is 0 Å². The van der Waals surface area contributed by atoms with Crippen LogP contribution in [0.3, 0.4) is 0 Å². The lowest BCUT2D eigenvalue weighted by atomic mass is 9.70. The maximum absolute atomic E-state index is 4.69. The topological polar surface area (TPSA) is 154 Å². The Morgan fingerprint density at radius 2 is 0.724 bits per heavy atom. The minimum absolute atomic E-state index is 0.0171. The molecule has 4 unspecified atom stereocenters. The van der Waals surface area contributed by atoms with Gasteiger partial charge in [0.1, 0.15) is 11.4 Å². The Bertz CT molecular complexity index is 4320. The molecule has 0 spiro atoms. The van der Waals surface area contributed by atoms with Crippen molar-refractivity contribution in [1.82, 2.24) is 75.0 Å². The first-order valence-electron chi connectivity index (χ1n) is 39.6. The second kappa shape index (κ2) is 30.7. The Hall–Kier alpha value is -7.42. The van der Waals surface area contributed by atoms with Crippen LogP contribution in [0.2, 0.25) is 0 Å². The van der Waals surface area contributed by atoms with E-state index < -0.39 is 0 Å². The lowest BCUT2D eigenvalue weighted by Gasteiger charge is -2.35. The van der Waals surface area contributed by atoms with Crippen LogP contribution in [0, 0.1) is 21.7 Å². The van der Waals surface area contributed by atoms with Crippen LogP contribution in [-0.4, -0.2) is 75.0 Å². The molecule has 0 saturated heterocycles. The van der Waals surface area contributed by atoms with Crippen LogP contribution in [-0.2, 0) is 58.8 Å². The molecule has 0 radical (unpaired) electrons. The van der Waals surface area contributed by atoms with Gasteiger partial charge in [0.05, 0.1) is 67.6 Å². The number of fused-ring (bicyclic) bond motifs is 12. The highest BCUT2D eigenvalue weighted by Crippen LogP contribution is 2.51. The molecule has 5 aromatic heterocycles. The molecule has 9 aromatic rings. The SMILES string of the molecule is CC(C)(C)C1CCCCCc2c1nnn2C(C)(C)C.CC(C)(C)C1CCCCCc2nnn(C(C)(C)C)c21.CC(C)(C)C1Cc2ccccc2-c2c(nnn2C(C)(C)C)-c2ccccc21.CC(C)(C)C1Cc2ccccc2-c2nnn(C(C)(C)C)c2-c2ccccc21.CC(C)(C)c1cn(C(C)(C)C)nn1. The molecular weight excluding hydrogens is 1290 g/mol. The fraction of sp³-hybridized carbons (Fsp3) is 0.622. The van der Waals surface area contributed by atoms with E-state index in [0.717, 1.165) is 54.2 Å². The highest BCUT2D eigenvalue weighted by molar-refractivity contribution is 5.84. The fourth-order valence-corrected chi connectivity index (χ4v) is 15.7. The van der Waals surface area contributed by atoms with Gasteiger partial charge < -0.3 is 0 Å². The molecule has 570 valence electrons. The van der Waals surface area contributed by atoms with Crippen molar-refractivity contribution in [3.63, 3.8) is 0 Å². The van der Waals surface area contributed by atoms with E-state index >= 15 is 0 Å². The lowest BCUT2D eigenvalue weighted by molar-refractivity contribution is 0.252. The molecule has 0 fully saturated rings. The summed E-state index contributed by atoms with van der Waals surface area (Å²) >= 11 is 0. The van der Waals surface area contributed by atoms with E-state index in [1.54, 1.807) is 0 Å². The zero-order chi connectivity index (χ0) is 77.6. The van der Waals surface area contributed by atoms with Gasteiger partial charge in [0.2, 0.25) is 0 Å². The summed E-state index contributed by atoms with van der Waals surface area (Å²) in [6, 6.07) is 35.1. The van der Waals surface area contributed by atoms with Gasteiger partial charge in [-0.05, 0) is 211 Å². The number of rotatable bonds is 0. The maximum Gasteiger partial charge on any atom is 0.121 e. The van der Waals surface area contributed by atoms with Gasteiger partial charge in [-0.2, -0.15) is 0 Å². The van der Waals surface area contributed by atoms with Gasteiger partial charge in [0.15, 0.2) is 0 Å². The smallest absolute Gasteiger partial charge is 0.121 e. The van der Waals surface area contributed by atoms with Crippen molar-refractivity contribution in [2.24, 2.45) is 21.7 Å². The number of aromatic nitrogens is 15. The minimum Gasteiger partial charge on any atom is -0.247 e. The molecule has 105 heavy (non-hydrogen) atoms. The van der Waals surface area contributed by atoms with Gasteiger partial charge in [-0.25, -0.2) is 23.4 Å². The molecule has 0 aliphatic heterocycles. The normalized spacial score (nSPS) is 18.1. The molecule has 0 N–H and O–H groups in total. The van der Waals surface area contributed by atoms with Gasteiger partial charge in [-0.3, -0.25) is 0 Å². The third-order valence-electron chi connectivity index (χ3n) is 21.6. The highest BCUT2D eigenvalue weighted by Gasteiger charge is 2.40. The van der Waals surface area contributed by atoms with Crippen molar-refractivity contribution in [1.29, 1.82) is 0 Å². The van der Waals surface area contributed by atoms with Crippen LogP contribution in [0.4, 0.5) is 0 Å². The summed E-state index contributed by atoms with van der Waals surface area (Å²) in [6.45, 7) is 67.3. The van der Waals surface area contributed by atoms with Crippen LogP contribution < -0.4 is 0 Å². The summed E-state index contributed by atoms with van der Waals surface area (Å²) in [6.07, 6.45) is 16.6. The summed E-state index contributed by atoms with van der Waals surface area (Å²) in [5, 5.41) is 44.9.